The van der Waals surface area contributed by atoms with Crippen LogP contribution in [0.15, 0.2) is 23.0 Å². The second kappa shape index (κ2) is 5.66. The summed E-state index contributed by atoms with van der Waals surface area (Å²) in [6.45, 7) is 3.42. The molecule has 0 bridgehead atoms. The Morgan fingerprint density at radius 2 is 2.32 bits per heavy atom. The van der Waals surface area contributed by atoms with Crippen molar-refractivity contribution in [2.75, 3.05) is 26.0 Å². The van der Waals surface area contributed by atoms with Crippen molar-refractivity contribution >= 4 is 11.6 Å². The van der Waals surface area contributed by atoms with Gasteiger partial charge in [0, 0.05) is 18.8 Å². The zero-order valence-corrected chi connectivity index (χ0v) is 11.3. The zero-order chi connectivity index (χ0) is 13.8. The number of aromatic nitrogens is 3. The minimum atomic E-state index is -0.326. The van der Waals surface area contributed by atoms with Crippen molar-refractivity contribution in [3.8, 4) is 0 Å². The first-order chi connectivity index (χ1) is 9.04. The number of nitrogens with one attached hydrogen (secondary N) is 1. The Morgan fingerprint density at radius 1 is 1.53 bits per heavy atom. The van der Waals surface area contributed by atoms with Crippen molar-refractivity contribution in [3.63, 3.8) is 0 Å². The SMILES string of the molecule is Cc1cc(C(=O)Nc2cnn(CCN(C)C)c2)on1. The Labute approximate surface area is 111 Å². The summed E-state index contributed by atoms with van der Waals surface area (Å²) in [4.78, 5) is 13.9. The van der Waals surface area contributed by atoms with Gasteiger partial charge in [-0.05, 0) is 21.0 Å². The van der Waals surface area contributed by atoms with Gasteiger partial charge in [0.25, 0.3) is 5.91 Å². The van der Waals surface area contributed by atoms with Crippen LogP contribution in [0.25, 0.3) is 0 Å². The molecule has 0 radical (unpaired) electrons. The molecule has 2 heterocycles. The number of amides is 1. The fraction of sp³-hybridized carbons (Fsp3) is 0.417. The van der Waals surface area contributed by atoms with E-state index >= 15 is 0 Å². The van der Waals surface area contributed by atoms with Gasteiger partial charge >= 0.3 is 0 Å². The van der Waals surface area contributed by atoms with E-state index in [1.807, 2.05) is 14.1 Å². The fourth-order valence-electron chi connectivity index (χ4n) is 1.52. The molecule has 0 aliphatic heterocycles. The van der Waals surface area contributed by atoms with E-state index in [1.54, 1.807) is 30.1 Å². The average Bonchev–Trinajstić information content (AvgIpc) is 2.95. The minimum Gasteiger partial charge on any atom is -0.351 e. The Morgan fingerprint density at radius 3 is 2.95 bits per heavy atom. The third kappa shape index (κ3) is 3.65. The lowest BCUT2D eigenvalue weighted by molar-refractivity contribution is 0.0988. The van der Waals surface area contributed by atoms with Crippen LogP contribution in [-0.2, 0) is 6.54 Å². The van der Waals surface area contributed by atoms with Crippen molar-refractivity contribution in [2.45, 2.75) is 13.5 Å². The number of carbonyl (C=O) groups excluding carboxylic acids is 1. The summed E-state index contributed by atoms with van der Waals surface area (Å²) < 4.78 is 6.67. The number of carbonyl (C=O) groups is 1. The van der Waals surface area contributed by atoms with Crippen molar-refractivity contribution < 1.29 is 9.32 Å². The highest BCUT2D eigenvalue weighted by molar-refractivity contribution is 6.02. The highest BCUT2D eigenvalue weighted by Crippen LogP contribution is 2.09. The van der Waals surface area contributed by atoms with Crippen LogP contribution in [0, 0.1) is 6.92 Å². The minimum absolute atomic E-state index is 0.193. The Hall–Kier alpha value is -2.15. The predicted molar refractivity (Wildman–Crippen MR) is 70.0 cm³/mol. The molecule has 0 saturated heterocycles. The molecule has 2 rings (SSSR count). The molecule has 2 aromatic rings. The molecular formula is C12H17N5O2. The Kier molecular flexibility index (Phi) is 3.96. The molecule has 1 amide bonds. The van der Waals surface area contributed by atoms with E-state index in [2.05, 4.69) is 20.5 Å². The molecular weight excluding hydrogens is 246 g/mol. The molecule has 0 aromatic carbocycles. The van der Waals surface area contributed by atoms with E-state index in [1.165, 1.54) is 0 Å². The molecule has 2 aromatic heterocycles. The molecule has 0 aliphatic carbocycles. The molecule has 0 atom stereocenters. The van der Waals surface area contributed by atoms with Gasteiger partial charge in [-0.2, -0.15) is 5.10 Å². The molecule has 1 N–H and O–H groups in total. The van der Waals surface area contributed by atoms with Crippen LogP contribution in [0.4, 0.5) is 5.69 Å². The Bertz CT molecular complexity index is 558. The highest BCUT2D eigenvalue weighted by atomic mass is 16.5. The lowest BCUT2D eigenvalue weighted by Gasteiger charge is -2.08. The van der Waals surface area contributed by atoms with Gasteiger partial charge in [0.1, 0.15) is 0 Å². The van der Waals surface area contributed by atoms with E-state index in [-0.39, 0.29) is 11.7 Å². The lowest BCUT2D eigenvalue weighted by atomic mass is 10.3. The molecule has 0 spiro atoms. The summed E-state index contributed by atoms with van der Waals surface area (Å²) in [5.74, 6) is -0.133. The van der Waals surface area contributed by atoms with Crippen LogP contribution in [0.5, 0.6) is 0 Å². The highest BCUT2D eigenvalue weighted by Gasteiger charge is 2.12. The van der Waals surface area contributed by atoms with Crippen LogP contribution in [0.3, 0.4) is 0 Å². The maximum Gasteiger partial charge on any atom is 0.294 e. The van der Waals surface area contributed by atoms with E-state index < -0.39 is 0 Å². The number of hydrogen-bond donors (Lipinski definition) is 1. The number of hydrogen-bond acceptors (Lipinski definition) is 5. The molecule has 102 valence electrons. The van der Waals surface area contributed by atoms with Crippen LogP contribution in [-0.4, -0.2) is 46.4 Å². The monoisotopic (exact) mass is 263 g/mol. The molecule has 0 unspecified atom stereocenters. The third-order valence-corrected chi connectivity index (χ3v) is 2.52. The standard InChI is InChI=1S/C12H17N5O2/c1-9-6-11(19-15-9)12(18)14-10-7-13-17(8-10)5-4-16(2)3/h6-8H,4-5H2,1-3H3,(H,14,18). The summed E-state index contributed by atoms with van der Waals surface area (Å²) >= 11 is 0. The van der Waals surface area contributed by atoms with Crippen LogP contribution in [0.2, 0.25) is 0 Å². The summed E-state index contributed by atoms with van der Waals surface area (Å²) in [5, 5.41) is 10.6. The Balaban J connectivity index is 1.94. The summed E-state index contributed by atoms with van der Waals surface area (Å²) in [6.07, 6.45) is 3.39. The first kappa shape index (κ1) is 13.3. The number of aryl methyl sites for hydroxylation is 1. The van der Waals surface area contributed by atoms with Crippen LogP contribution >= 0.6 is 0 Å². The molecule has 7 heteroatoms. The van der Waals surface area contributed by atoms with Gasteiger partial charge in [-0.25, -0.2) is 0 Å². The third-order valence-electron chi connectivity index (χ3n) is 2.52. The van der Waals surface area contributed by atoms with Crippen molar-refractivity contribution in [1.29, 1.82) is 0 Å². The second-order valence-electron chi connectivity index (χ2n) is 4.58. The van der Waals surface area contributed by atoms with Crippen molar-refractivity contribution in [3.05, 3.63) is 29.9 Å². The topological polar surface area (TPSA) is 76.2 Å². The average molecular weight is 263 g/mol. The summed E-state index contributed by atoms with van der Waals surface area (Å²) in [7, 11) is 4.00. The van der Waals surface area contributed by atoms with E-state index in [4.69, 9.17) is 4.52 Å². The number of rotatable bonds is 5. The maximum absolute atomic E-state index is 11.8. The largest absolute Gasteiger partial charge is 0.351 e. The normalized spacial score (nSPS) is 10.9. The molecule has 0 fully saturated rings. The maximum atomic E-state index is 11.8. The smallest absolute Gasteiger partial charge is 0.294 e. The van der Waals surface area contributed by atoms with Crippen LogP contribution in [0.1, 0.15) is 16.2 Å². The molecule has 0 saturated carbocycles. The summed E-state index contributed by atoms with van der Waals surface area (Å²) in [5.41, 5.74) is 1.31. The first-order valence-corrected chi connectivity index (χ1v) is 5.96. The molecule has 19 heavy (non-hydrogen) atoms. The summed E-state index contributed by atoms with van der Waals surface area (Å²) in [6, 6.07) is 1.59. The van der Waals surface area contributed by atoms with Gasteiger partial charge in [0.05, 0.1) is 24.1 Å². The number of nitrogens with zero attached hydrogens (tertiary/aromatic N) is 4. The zero-order valence-electron chi connectivity index (χ0n) is 11.3. The van der Waals surface area contributed by atoms with Gasteiger partial charge in [-0.15, -0.1) is 0 Å². The van der Waals surface area contributed by atoms with Gasteiger partial charge in [-0.1, -0.05) is 5.16 Å². The lowest BCUT2D eigenvalue weighted by Crippen LogP contribution is -2.18. The number of likely N-dealkylation sites (N-methyl/N-ethyl adjacent to an activating group) is 1. The fourth-order valence-corrected chi connectivity index (χ4v) is 1.52. The number of anilines is 1. The quantitative estimate of drug-likeness (QED) is 0.870. The van der Waals surface area contributed by atoms with E-state index in [0.29, 0.717) is 11.4 Å². The van der Waals surface area contributed by atoms with E-state index in [9.17, 15) is 4.79 Å². The van der Waals surface area contributed by atoms with Gasteiger partial charge in [0.15, 0.2) is 0 Å². The van der Waals surface area contributed by atoms with Crippen molar-refractivity contribution in [2.24, 2.45) is 0 Å². The van der Waals surface area contributed by atoms with Crippen molar-refractivity contribution in [1.82, 2.24) is 19.8 Å². The molecule has 0 aliphatic rings. The van der Waals surface area contributed by atoms with Gasteiger partial charge in [-0.3, -0.25) is 9.48 Å². The van der Waals surface area contributed by atoms with Crippen LogP contribution < -0.4 is 5.32 Å². The predicted octanol–water partition coefficient (Wildman–Crippen LogP) is 0.993. The van der Waals surface area contributed by atoms with E-state index in [0.717, 1.165) is 13.1 Å². The molecule has 7 nitrogen and oxygen atoms in total. The van der Waals surface area contributed by atoms with Gasteiger partial charge < -0.3 is 14.7 Å². The first-order valence-electron chi connectivity index (χ1n) is 5.96. The second-order valence-corrected chi connectivity index (χ2v) is 4.58. The van der Waals surface area contributed by atoms with Gasteiger partial charge in [0.2, 0.25) is 5.76 Å².